The molecule has 1 fully saturated rings. The first-order valence-electron chi connectivity index (χ1n) is 12.4. The van der Waals surface area contributed by atoms with Gasteiger partial charge in [0, 0.05) is 56.9 Å². The average molecular weight is 499 g/mol. The van der Waals surface area contributed by atoms with Crippen LogP contribution in [-0.2, 0) is 9.53 Å². The van der Waals surface area contributed by atoms with Crippen LogP contribution >= 0.6 is 0 Å². The topological polar surface area (TPSA) is 114 Å². The summed E-state index contributed by atoms with van der Waals surface area (Å²) in [5.41, 5.74) is 0.804. The van der Waals surface area contributed by atoms with Crippen LogP contribution in [0.25, 0.3) is 0 Å². The van der Waals surface area contributed by atoms with Crippen LogP contribution in [0.5, 0.6) is 5.75 Å². The standard InChI is InChI=1S/C26H34N4O6/c1-16-13-30(25(32)18-6-5-7-18)17(2)15-35-22-12-19(28-24(31)21-10-11-27-36-21)8-9-20(22)26(33)29(3)14-23(16)34-4/h8-12,16-18,23H,5-7,13-15H2,1-4H3,(H,28,31)/t16-,17+,23+/m1/s1. The van der Waals surface area contributed by atoms with Crippen molar-refractivity contribution in [3.63, 3.8) is 0 Å². The van der Waals surface area contributed by atoms with Gasteiger partial charge in [-0.1, -0.05) is 18.5 Å². The Labute approximate surface area is 210 Å². The molecule has 2 aliphatic rings. The lowest BCUT2D eigenvalue weighted by molar-refractivity contribution is -0.142. The molecule has 0 spiro atoms. The molecular weight excluding hydrogens is 464 g/mol. The van der Waals surface area contributed by atoms with Gasteiger partial charge in [-0.3, -0.25) is 14.4 Å². The zero-order valence-electron chi connectivity index (χ0n) is 21.2. The zero-order chi connectivity index (χ0) is 25.8. The number of anilines is 1. The first-order chi connectivity index (χ1) is 17.3. The van der Waals surface area contributed by atoms with Crippen molar-refractivity contribution in [3.8, 4) is 5.75 Å². The van der Waals surface area contributed by atoms with Crippen molar-refractivity contribution in [2.45, 2.75) is 45.3 Å². The smallest absolute Gasteiger partial charge is 0.294 e. The van der Waals surface area contributed by atoms with E-state index in [9.17, 15) is 14.4 Å². The molecule has 0 unspecified atom stereocenters. The minimum absolute atomic E-state index is 0.0179. The van der Waals surface area contributed by atoms with E-state index in [1.165, 1.54) is 12.3 Å². The normalized spacial score (nSPS) is 23.6. The fourth-order valence-electron chi connectivity index (χ4n) is 4.57. The first-order valence-corrected chi connectivity index (χ1v) is 12.4. The van der Waals surface area contributed by atoms with E-state index in [4.69, 9.17) is 14.0 Å². The number of hydrogen-bond donors (Lipinski definition) is 1. The van der Waals surface area contributed by atoms with Crippen molar-refractivity contribution in [2.24, 2.45) is 11.8 Å². The largest absolute Gasteiger partial charge is 0.491 e. The quantitative estimate of drug-likeness (QED) is 0.689. The predicted octanol–water partition coefficient (Wildman–Crippen LogP) is 3.06. The van der Waals surface area contributed by atoms with E-state index in [0.29, 0.717) is 30.1 Å². The first kappa shape index (κ1) is 25.7. The molecule has 36 heavy (non-hydrogen) atoms. The summed E-state index contributed by atoms with van der Waals surface area (Å²) in [5, 5.41) is 6.28. The molecule has 3 atom stereocenters. The summed E-state index contributed by atoms with van der Waals surface area (Å²) < 4.78 is 16.8. The molecule has 10 heteroatoms. The predicted molar refractivity (Wildman–Crippen MR) is 132 cm³/mol. The molecule has 0 bridgehead atoms. The van der Waals surface area contributed by atoms with Gasteiger partial charge in [-0.25, -0.2) is 0 Å². The van der Waals surface area contributed by atoms with Crippen molar-refractivity contribution in [1.29, 1.82) is 0 Å². The van der Waals surface area contributed by atoms with Crippen molar-refractivity contribution in [3.05, 3.63) is 41.8 Å². The van der Waals surface area contributed by atoms with E-state index in [0.717, 1.165) is 19.3 Å². The van der Waals surface area contributed by atoms with Crippen LogP contribution in [0.3, 0.4) is 0 Å². The summed E-state index contributed by atoms with van der Waals surface area (Å²) in [5.74, 6) is -0.0681. The Balaban J connectivity index is 1.63. The Bertz CT molecular complexity index is 1080. The third kappa shape index (κ3) is 5.53. The van der Waals surface area contributed by atoms with Crippen molar-refractivity contribution >= 4 is 23.4 Å². The lowest BCUT2D eigenvalue weighted by Crippen LogP contribution is -2.51. The van der Waals surface area contributed by atoms with Crippen LogP contribution in [0, 0.1) is 11.8 Å². The lowest BCUT2D eigenvalue weighted by atomic mass is 9.83. The molecule has 2 heterocycles. The number of likely N-dealkylation sites (N-methyl/N-ethyl adjacent to an activating group) is 1. The number of rotatable bonds is 4. The minimum Gasteiger partial charge on any atom is -0.491 e. The van der Waals surface area contributed by atoms with E-state index >= 15 is 0 Å². The van der Waals surface area contributed by atoms with Crippen molar-refractivity contribution in [2.75, 3.05) is 39.2 Å². The second-order valence-electron chi connectivity index (χ2n) is 9.76. The fraction of sp³-hybridized carbons (Fsp3) is 0.538. The maximum absolute atomic E-state index is 13.3. The SMILES string of the molecule is CO[C@H]1CN(C)C(=O)c2ccc(NC(=O)c3ccno3)cc2OC[C@H](C)N(C(=O)C2CCC2)C[C@H]1C. The Hall–Kier alpha value is -3.40. The molecule has 1 aliphatic carbocycles. The molecule has 1 aromatic carbocycles. The molecule has 0 radical (unpaired) electrons. The van der Waals surface area contributed by atoms with Gasteiger partial charge in [0.15, 0.2) is 0 Å². The van der Waals surface area contributed by atoms with Gasteiger partial charge in [-0.15, -0.1) is 0 Å². The van der Waals surface area contributed by atoms with E-state index in [-0.39, 0.29) is 48.2 Å². The number of hydrogen-bond acceptors (Lipinski definition) is 7. The number of carbonyl (C=O) groups is 3. The molecular formula is C26H34N4O6. The van der Waals surface area contributed by atoms with Gasteiger partial charge in [0.1, 0.15) is 12.4 Å². The summed E-state index contributed by atoms with van der Waals surface area (Å²) in [6.07, 6.45) is 4.05. The Kier molecular flexibility index (Phi) is 7.93. The molecule has 194 valence electrons. The molecule has 2 aromatic rings. The third-order valence-electron chi connectivity index (χ3n) is 7.10. The van der Waals surface area contributed by atoms with Crippen LogP contribution in [0.1, 0.15) is 54.0 Å². The molecule has 1 aromatic heterocycles. The number of carbonyl (C=O) groups excluding carboxylic acids is 3. The number of ether oxygens (including phenoxy) is 2. The van der Waals surface area contributed by atoms with Gasteiger partial charge in [-0.05, 0) is 31.9 Å². The van der Waals surface area contributed by atoms with Crippen LogP contribution in [-0.4, -0.2) is 78.7 Å². The molecule has 1 aliphatic heterocycles. The molecule has 1 saturated carbocycles. The van der Waals surface area contributed by atoms with Crippen LogP contribution in [0.4, 0.5) is 5.69 Å². The summed E-state index contributed by atoms with van der Waals surface area (Å²) in [6, 6.07) is 6.12. The van der Waals surface area contributed by atoms with Gasteiger partial charge < -0.3 is 29.1 Å². The Morgan fingerprint density at radius 1 is 1.17 bits per heavy atom. The van der Waals surface area contributed by atoms with E-state index in [1.807, 2.05) is 18.7 Å². The summed E-state index contributed by atoms with van der Waals surface area (Å²) in [4.78, 5) is 42.6. The second-order valence-corrected chi connectivity index (χ2v) is 9.76. The van der Waals surface area contributed by atoms with Crippen LogP contribution in [0.15, 0.2) is 35.0 Å². The number of nitrogens with one attached hydrogen (secondary N) is 1. The lowest BCUT2D eigenvalue weighted by Gasteiger charge is -2.39. The highest BCUT2D eigenvalue weighted by Gasteiger charge is 2.35. The van der Waals surface area contributed by atoms with Crippen LogP contribution in [0.2, 0.25) is 0 Å². The van der Waals surface area contributed by atoms with Crippen LogP contribution < -0.4 is 10.1 Å². The summed E-state index contributed by atoms with van der Waals surface area (Å²) in [6.45, 7) is 5.08. The summed E-state index contributed by atoms with van der Waals surface area (Å²) >= 11 is 0. The number of aromatic nitrogens is 1. The van der Waals surface area contributed by atoms with Crippen molar-refractivity contribution in [1.82, 2.24) is 15.0 Å². The number of nitrogens with zero attached hydrogens (tertiary/aromatic N) is 3. The minimum atomic E-state index is -0.466. The van der Waals surface area contributed by atoms with Gasteiger partial charge in [0.2, 0.25) is 11.7 Å². The maximum atomic E-state index is 13.3. The number of methoxy groups -OCH3 is 1. The fourth-order valence-corrected chi connectivity index (χ4v) is 4.57. The van der Waals surface area contributed by atoms with Gasteiger partial charge in [0.05, 0.1) is 23.9 Å². The Morgan fingerprint density at radius 2 is 1.94 bits per heavy atom. The third-order valence-corrected chi connectivity index (χ3v) is 7.10. The van der Waals surface area contributed by atoms with Gasteiger partial charge in [0.25, 0.3) is 11.8 Å². The Morgan fingerprint density at radius 3 is 2.58 bits per heavy atom. The molecule has 3 amide bonds. The monoisotopic (exact) mass is 498 g/mol. The molecule has 0 saturated heterocycles. The molecule has 1 N–H and O–H groups in total. The number of benzene rings is 1. The van der Waals surface area contributed by atoms with Gasteiger partial charge in [-0.2, -0.15) is 0 Å². The highest BCUT2D eigenvalue weighted by molar-refractivity contribution is 6.03. The molecule has 4 rings (SSSR count). The van der Waals surface area contributed by atoms with E-state index in [2.05, 4.69) is 10.5 Å². The highest BCUT2D eigenvalue weighted by Crippen LogP contribution is 2.31. The number of amides is 3. The zero-order valence-corrected chi connectivity index (χ0v) is 21.2. The highest BCUT2D eigenvalue weighted by atomic mass is 16.5. The second kappa shape index (κ2) is 11.1. The maximum Gasteiger partial charge on any atom is 0.294 e. The van der Waals surface area contributed by atoms with Crippen molar-refractivity contribution < 1.29 is 28.4 Å². The van der Waals surface area contributed by atoms with Gasteiger partial charge >= 0.3 is 0 Å². The molecule has 10 nitrogen and oxygen atoms in total. The summed E-state index contributed by atoms with van der Waals surface area (Å²) in [7, 11) is 3.35. The van der Waals surface area contributed by atoms with E-state index in [1.54, 1.807) is 37.3 Å². The number of fused-ring (bicyclic) bond motifs is 1. The average Bonchev–Trinajstić information content (AvgIpc) is 3.37. The van der Waals surface area contributed by atoms with E-state index < -0.39 is 5.91 Å².